The van der Waals surface area contributed by atoms with Crippen molar-refractivity contribution >= 4 is 11.8 Å². The van der Waals surface area contributed by atoms with Crippen LogP contribution in [0.25, 0.3) is 0 Å². The summed E-state index contributed by atoms with van der Waals surface area (Å²) in [5.74, 6) is 0.837. The molecule has 1 aliphatic carbocycles. The van der Waals surface area contributed by atoms with Crippen LogP contribution in [-0.2, 0) is 16.1 Å². The van der Waals surface area contributed by atoms with Crippen molar-refractivity contribution < 1.29 is 9.59 Å². The third kappa shape index (κ3) is 5.56. The fourth-order valence-corrected chi connectivity index (χ4v) is 3.51. The molecule has 1 aromatic rings. The van der Waals surface area contributed by atoms with Crippen LogP contribution >= 0.6 is 0 Å². The number of hydrogen-bond acceptors (Lipinski definition) is 3. The third-order valence-corrected chi connectivity index (χ3v) is 5.21. The van der Waals surface area contributed by atoms with Crippen molar-refractivity contribution in [2.45, 2.75) is 45.2 Å². The SMILES string of the molecule is CC(=O)NCC1CCN(CC(=O)N(Cc2ccccc2)C2CC2)CC1. The monoisotopic (exact) mass is 343 g/mol. The molecule has 0 unspecified atom stereocenters. The highest BCUT2D eigenvalue weighted by Crippen LogP contribution is 2.29. The second kappa shape index (κ2) is 8.48. The van der Waals surface area contributed by atoms with Crippen molar-refractivity contribution in [2.24, 2.45) is 5.92 Å². The van der Waals surface area contributed by atoms with Crippen molar-refractivity contribution in [1.82, 2.24) is 15.1 Å². The molecule has 0 aromatic heterocycles. The molecule has 0 atom stereocenters. The molecule has 1 aliphatic heterocycles. The minimum Gasteiger partial charge on any atom is -0.356 e. The topological polar surface area (TPSA) is 52.7 Å². The number of hydrogen-bond donors (Lipinski definition) is 1. The number of likely N-dealkylation sites (tertiary alicyclic amines) is 1. The Hall–Kier alpha value is -1.88. The van der Waals surface area contributed by atoms with Crippen molar-refractivity contribution in [3.05, 3.63) is 35.9 Å². The Morgan fingerprint density at radius 2 is 1.80 bits per heavy atom. The van der Waals surface area contributed by atoms with E-state index in [4.69, 9.17) is 0 Å². The molecule has 1 aromatic carbocycles. The van der Waals surface area contributed by atoms with Gasteiger partial charge in [0.1, 0.15) is 0 Å². The molecule has 0 radical (unpaired) electrons. The Balaban J connectivity index is 1.47. The zero-order valence-corrected chi connectivity index (χ0v) is 15.1. The molecule has 2 amide bonds. The Morgan fingerprint density at radius 3 is 2.40 bits per heavy atom. The predicted octanol–water partition coefficient (Wildman–Crippen LogP) is 2.03. The molecule has 1 heterocycles. The van der Waals surface area contributed by atoms with Crippen LogP contribution in [0.2, 0.25) is 0 Å². The van der Waals surface area contributed by atoms with E-state index in [1.54, 1.807) is 6.92 Å². The van der Waals surface area contributed by atoms with E-state index in [2.05, 4.69) is 27.2 Å². The van der Waals surface area contributed by atoms with Crippen LogP contribution in [0.5, 0.6) is 0 Å². The van der Waals surface area contributed by atoms with Crippen molar-refractivity contribution in [3.63, 3.8) is 0 Å². The molecule has 2 aliphatic rings. The van der Waals surface area contributed by atoms with E-state index in [1.165, 1.54) is 5.56 Å². The standard InChI is InChI=1S/C20H29N3O2/c1-16(24)21-13-17-9-11-22(12-10-17)15-20(25)23(19-7-8-19)14-18-5-3-2-4-6-18/h2-6,17,19H,7-15H2,1H3,(H,21,24). The molecular weight excluding hydrogens is 314 g/mol. The first kappa shape index (κ1) is 17.9. The van der Waals surface area contributed by atoms with Gasteiger partial charge in [-0.2, -0.15) is 0 Å². The summed E-state index contributed by atoms with van der Waals surface area (Å²) in [4.78, 5) is 28.2. The first-order valence-corrected chi connectivity index (χ1v) is 9.42. The number of piperidine rings is 1. The maximum Gasteiger partial charge on any atom is 0.237 e. The summed E-state index contributed by atoms with van der Waals surface area (Å²) in [6, 6.07) is 10.7. The first-order chi connectivity index (χ1) is 12.1. The van der Waals surface area contributed by atoms with Gasteiger partial charge in [-0.15, -0.1) is 0 Å². The van der Waals surface area contributed by atoms with Gasteiger partial charge in [-0.1, -0.05) is 30.3 Å². The molecule has 1 N–H and O–H groups in total. The van der Waals surface area contributed by atoms with Crippen molar-refractivity contribution in [2.75, 3.05) is 26.2 Å². The van der Waals surface area contributed by atoms with Crippen LogP contribution in [-0.4, -0.2) is 53.8 Å². The summed E-state index contributed by atoms with van der Waals surface area (Å²) < 4.78 is 0. The van der Waals surface area contributed by atoms with Gasteiger partial charge in [0.15, 0.2) is 0 Å². The summed E-state index contributed by atoms with van der Waals surface area (Å²) in [6.45, 7) is 5.46. The number of nitrogens with one attached hydrogen (secondary N) is 1. The van der Waals surface area contributed by atoms with Crippen LogP contribution < -0.4 is 5.32 Å². The summed E-state index contributed by atoms with van der Waals surface area (Å²) in [6.07, 6.45) is 4.38. The Bertz CT molecular complexity index is 578. The van der Waals surface area contributed by atoms with E-state index in [0.29, 0.717) is 18.5 Å². The Morgan fingerprint density at radius 1 is 1.12 bits per heavy atom. The minimum atomic E-state index is 0.0404. The largest absolute Gasteiger partial charge is 0.356 e. The molecule has 25 heavy (non-hydrogen) atoms. The van der Waals surface area contributed by atoms with Crippen molar-refractivity contribution in [3.8, 4) is 0 Å². The smallest absolute Gasteiger partial charge is 0.237 e. The van der Waals surface area contributed by atoms with Gasteiger partial charge in [0.25, 0.3) is 0 Å². The maximum atomic E-state index is 12.8. The number of carbonyl (C=O) groups excluding carboxylic acids is 2. The highest BCUT2D eigenvalue weighted by Gasteiger charge is 2.33. The van der Waals surface area contributed by atoms with E-state index in [-0.39, 0.29) is 11.8 Å². The molecule has 3 rings (SSSR count). The molecule has 1 saturated carbocycles. The summed E-state index contributed by atoms with van der Waals surface area (Å²) in [7, 11) is 0. The minimum absolute atomic E-state index is 0.0404. The van der Waals surface area contributed by atoms with Gasteiger partial charge >= 0.3 is 0 Å². The third-order valence-electron chi connectivity index (χ3n) is 5.21. The number of rotatable bonds is 7. The van der Waals surface area contributed by atoms with Crippen LogP contribution in [0.15, 0.2) is 30.3 Å². The van der Waals surface area contributed by atoms with Crippen molar-refractivity contribution in [1.29, 1.82) is 0 Å². The van der Waals surface area contributed by atoms with E-state index < -0.39 is 0 Å². The molecular formula is C20H29N3O2. The zero-order chi connectivity index (χ0) is 17.6. The summed E-state index contributed by atoms with van der Waals surface area (Å²) in [5.41, 5.74) is 1.21. The zero-order valence-electron chi connectivity index (χ0n) is 15.1. The average molecular weight is 343 g/mol. The Kier molecular flexibility index (Phi) is 6.08. The highest BCUT2D eigenvalue weighted by atomic mass is 16.2. The van der Waals surface area contributed by atoms with Crippen LogP contribution in [0.1, 0.15) is 38.2 Å². The van der Waals surface area contributed by atoms with Gasteiger partial charge in [0, 0.05) is 26.1 Å². The second-order valence-corrected chi connectivity index (χ2v) is 7.40. The Labute approximate surface area is 150 Å². The molecule has 0 spiro atoms. The molecule has 5 nitrogen and oxygen atoms in total. The second-order valence-electron chi connectivity index (χ2n) is 7.40. The van der Waals surface area contributed by atoms with Gasteiger partial charge in [-0.3, -0.25) is 14.5 Å². The fraction of sp³-hybridized carbons (Fsp3) is 0.600. The molecule has 2 fully saturated rings. The molecule has 0 bridgehead atoms. The first-order valence-electron chi connectivity index (χ1n) is 9.42. The van der Waals surface area contributed by atoms with Gasteiger partial charge in [0.2, 0.25) is 11.8 Å². The van der Waals surface area contributed by atoms with E-state index >= 15 is 0 Å². The lowest BCUT2D eigenvalue weighted by molar-refractivity contribution is -0.134. The fourth-order valence-electron chi connectivity index (χ4n) is 3.51. The summed E-state index contributed by atoms with van der Waals surface area (Å²) in [5, 5.41) is 2.91. The molecule has 5 heteroatoms. The lowest BCUT2D eigenvalue weighted by Crippen LogP contribution is -2.45. The predicted molar refractivity (Wildman–Crippen MR) is 97.9 cm³/mol. The highest BCUT2D eigenvalue weighted by molar-refractivity contribution is 5.79. The quantitative estimate of drug-likeness (QED) is 0.824. The van der Waals surface area contributed by atoms with E-state index in [0.717, 1.165) is 51.9 Å². The number of carbonyl (C=O) groups is 2. The van der Waals surface area contributed by atoms with Gasteiger partial charge < -0.3 is 10.2 Å². The van der Waals surface area contributed by atoms with Crippen LogP contribution in [0, 0.1) is 5.92 Å². The van der Waals surface area contributed by atoms with E-state index in [1.807, 2.05) is 18.2 Å². The van der Waals surface area contributed by atoms with Gasteiger partial charge in [-0.05, 0) is 50.3 Å². The molecule has 136 valence electrons. The van der Waals surface area contributed by atoms with Gasteiger partial charge in [-0.25, -0.2) is 0 Å². The number of amides is 2. The molecule has 1 saturated heterocycles. The van der Waals surface area contributed by atoms with Gasteiger partial charge in [0.05, 0.1) is 6.54 Å². The van der Waals surface area contributed by atoms with E-state index in [9.17, 15) is 9.59 Å². The lowest BCUT2D eigenvalue weighted by Gasteiger charge is -2.33. The maximum absolute atomic E-state index is 12.8. The van der Waals surface area contributed by atoms with Crippen LogP contribution in [0.3, 0.4) is 0 Å². The number of nitrogens with zero attached hydrogens (tertiary/aromatic N) is 2. The lowest BCUT2D eigenvalue weighted by atomic mass is 9.97. The normalized spacial score (nSPS) is 18.8. The average Bonchev–Trinajstić information content (AvgIpc) is 3.45. The summed E-state index contributed by atoms with van der Waals surface area (Å²) >= 11 is 0. The number of benzene rings is 1. The van der Waals surface area contributed by atoms with Crippen LogP contribution in [0.4, 0.5) is 0 Å².